The first kappa shape index (κ1) is 23.3. The third kappa shape index (κ3) is 5.26. The lowest BCUT2D eigenvalue weighted by Crippen LogP contribution is -2.53. The van der Waals surface area contributed by atoms with E-state index in [0.29, 0.717) is 6.42 Å². The van der Waals surface area contributed by atoms with Crippen LogP contribution in [0.15, 0.2) is 48.5 Å². The highest BCUT2D eigenvalue weighted by molar-refractivity contribution is 5.89. The Morgan fingerprint density at radius 3 is 2.09 bits per heavy atom. The summed E-state index contributed by atoms with van der Waals surface area (Å²) in [5.41, 5.74) is 4.39. The molecule has 2 atom stereocenters. The normalized spacial score (nSPS) is 14.1. The summed E-state index contributed by atoms with van der Waals surface area (Å²) in [4.78, 5) is 36.3. The highest BCUT2D eigenvalue weighted by atomic mass is 16.5. The van der Waals surface area contributed by atoms with E-state index in [1.807, 2.05) is 55.5 Å². The van der Waals surface area contributed by atoms with Crippen molar-refractivity contribution in [1.82, 2.24) is 10.6 Å². The van der Waals surface area contributed by atoms with Crippen molar-refractivity contribution in [2.24, 2.45) is 0 Å². The molecular formula is C24H28N2O6. The topological polar surface area (TPSA) is 114 Å². The number of carboxylic acids is 1. The lowest BCUT2D eigenvalue weighted by molar-refractivity contribution is -0.142. The van der Waals surface area contributed by atoms with E-state index in [-0.39, 0.29) is 25.6 Å². The summed E-state index contributed by atoms with van der Waals surface area (Å²) in [5.74, 6) is -1.87. The molecule has 8 nitrogen and oxygen atoms in total. The Hall–Kier alpha value is -3.39. The molecule has 2 amide bonds. The molecule has 0 heterocycles. The predicted octanol–water partition coefficient (Wildman–Crippen LogP) is 2.91. The Balaban J connectivity index is 1.64. The Morgan fingerprint density at radius 2 is 1.56 bits per heavy atom. The molecule has 1 aliphatic rings. The highest BCUT2D eigenvalue weighted by Gasteiger charge is 2.30. The summed E-state index contributed by atoms with van der Waals surface area (Å²) >= 11 is 0. The Bertz CT molecular complexity index is 931. The SMILES string of the molecule is CCC[C@H](NC(=O)C(COC)NC(=O)OCC1c2ccccc2-c2ccccc21)C(=O)O. The maximum Gasteiger partial charge on any atom is 0.407 e. The summed E-state index contributed by atoms with van der Waals surface area (Å²) in [6.45, 7) is 1.81. The van der Waals surface area contributed by atoms with Gasteiger partial charge in [-0.2, -0.15) is 0 Å². The summed E-state index contributed by atoms with van der Waals surface area (Å²) in [6.07, 6.45) is 0.101. The molecular weight excluding hydrogens is 412 g/mol. The van der Waals surface area contributed by atoms with Gasteiger partial charge in [-0.3, -0.25) is 4.79 Å². The van der Waals surface area contributed by atoms with E-state index < -0.39 is 30.1 Å². The molecule has 0 radical (unpaired) electrons. The van der Waals surface area contributed by atoms with Crippen LogP contribution in [0, 0.1) is 0 Å². The summed E-state index contributed by atoms with van der Waals surface area (Å²) in [6, 6.07) is 13.9. The Labute approximate surface area is 186 Å². The van der Waals surface area contributed by atoms with Crippen molar-refractivity contribution in [2.45, 2.75) is 37.8 Å². The first-order valence-corrected chi connectivity index (χ1v) is 10.6. The molecule has 3 N–H and O–H groups in total. The summed E-state index contributed by atoms with van der Waals surface area (Å²) < 4.78 is 10.5. The summed E-state index contributed by atoms with van der Waals surface area (Å²) in [7, 11) is 1.39. The van der Waals surface area contributed by atoms with Crippen molar-refractivity contribution in [2.75, 3.05) is 20.3 Å². The van der Waals surface area contributed by atoms with Crippen molar-refractivity contribution in [3.05, 3.63) is 59.7 Å². The van der Waals surface area contributed by atoms with Gasteiger partial charge in [0.2, 0.25) is 5.91 Å². The van der Waals surface area contributed by atoms with Crippen molar-refractivity contribution >= 4 is 18.0 Å². The molecule has 0 fully saturated rings. The zero-order chi connectivity index (χ0) is 23.1. The van der Waals surface area contributed by atoms with Crippen LogP contribution in [0.1, 0.15) is 36.8 Å². The predicted molar refractivity (Wildman–Crippen MR) is 118 cm³/mol. The molecule has 1 unspecified atom stereocenters. The van der Waals surface area contributed by atoms with E-state index in [0.717, 1.165) is 22.3 Å². The standard InChI is InChI=1S/C24H28N2O6/c1-3-8-20(23(28)29)25-22(27)21(14-31-2)26-24(30)32-13-19-17-11-6-4-9-15(17)16-10-5-7-12-18(16)19/h4-7,9-12,19-21H,3,8,13-14H2,1-2H3,(H,25,27)(H,26,30)(H,28,29)/t20-,21?/m0/s1. The van der Waals surface area contributed by atoms with Gasteiger partial charge in [-0.25, -0.2) is 9.59 Å². The smallest absolute Gasteiger partial charge is 0.407 e. The van der Waals surface area contributed by atoms with Crippen LogP contribution in [-0.2, 0) is 19.1 Å². The number of hydrogen-bond donors (Lipinski definition) is 3. The van der Waals surface area contributed by atoms with Crippen molar-refractivity contribution in [3.63, 3.8) is 0 Å². The molecule has 2 aromatic carbocycles. The van der Waals surface area contributed by atoms with E-state index in [4.69, 9.17) is 9.47 Å². The zero-order valence-electron chi connectivity index (χ0n) is 18.2. The molecule has 1 aliphatic carbocycles. The monoisotopic (exact) mass is 440 g/mol. The number of carboxylic acid groups (broad SMARTS) is 1. The molecule has 170 valence electrons. The van der Waals surface area contributed by atoms with Gasteiger partial charge in [-0.1, -0.05) is 61.9 Å². The second-order valence-electron chi connectivity index (χ2n) is 7.67. The molecule has 0 aromatic heterocycles. The zero-order valence-corrected chi connectivity index (χ0v) is 18.2. The van der Waals surface area contributed by atoms with Crippen molar-refractivity contribution < 1.29 is 29.0 Å². The van der Waals surface area contributed by atoms with Gasteiger partial charge in [0.05, 0.1) is 6.61 Å². The number of ether oxygens (including phenoxy) is 2. The van der Waals surface area contributed by atoms with Crippen LogP contribution in [-0.4, -0.2) is 55.5 Å². The molecule has 2 aromatic rings. The maximum absolute atomic E-state index is 12.5. The third-order valence-electron chi connectivity index (χ3n) is 5.48. The van der Waals surface area contributed by atoms with Crippen LogP contribution in [0.2, 0.25) is 0 Å². The molecule has 0 aliphatic heterocycles. The largest absolute Gasteiger partial charge is 0.480 e. The van der Waals surface area contributed by atoms with Gasteiger partial charge in [-0.05, 0) is 28.7 Å². The fraction of sp³-hybridized carbons (Fsp3) is 0.375. The lowest BCUT2D eigenvalue weighted by atomic mass is 9.98. The van der Waals surface area contributed by atoms with Crippen LogP contribution >= 0.6 is 0 Å². The number of hydrogen-bond acceptors (Lipinski definition) is 5. The minimum absolute atomic E-state index is 0.106. The lowest BCUT2D eigenvalue weighted by Gasteiger charge is -2.21. The first-order valence-electron chi connectivity index (χ1n) is 10.6. The molecule has 8 heteroatoms. The van der Waals surface area contributed by atoms with Gasteiger partial charge in [0.15, 0.2) is 0 Å². The minimum Gasteiger partial charge on any atom is -0.480 e. The Morgan fingerprint density at radius 1 is 0.969 bits per heavy atom. The number of carbonyl (C=O) groups excluding carboxylic acids is 2. The number of methoxy groups -OCH3 is 1. The Kier molecular flexibility index (Phi) is 7.83. The van der Waals surface area contributed by atoms with Gasteiger partial charge in [-0.15, -0.1) is 0 Å². The van der Waals surface area contributed by atoms with Crippen molar-refractivity contribution in [3.8, 4) is 11.1 Å². The van der Waals surface area contributed by atoms with Crippen LogP contribution in [0.4, 0.5) is 4.79 Å². The number of alkyl carbamates (subject to hydrolysis) is 1. The van der Waals surface area contributed by atoms with Crippen LogP contribution in [0.5, 0.6) is 0 Å². The van der Waals surface area contributed by atoms with E-state index in [2.05, 4.69) is 10.6 Å². The van der Waals surface area contributed by atoms with E-state index in [1.54, 1.807) is 0 Å². The fourth-order valence-electron chi connectivity index (χ4n) is 3.95. The van der Waals surface area contributed by atoms with Gasteiger partial charge >= 0.3 is 12.1 Å². The second kappa shape index (κ2) is 10.8. The second-order valence-corrected chi connectivity index (χ2v) is 7.67. The number of carbonyl (C=O) groups is 3. The van der Waals surface area contributed by atoms with Crippen LogP contribution in [0.25, 0.3) is 11.1 Å². The molecule has 0 bridgehead atoms. The van der Waals surface area contributed by atoms with Gasteiger partial charge in [0.25, 0.3) is 0 Å². The molecule has 3 rings (SSSR count). The third-order valence-corrected chi connectivity index (χ3v) is 5.48. The maximum atomic E-state index is 12.5. The van der Waals surface area contributed by atoms with Crippen LogP contribution in [0.3, 0.4) is 0 Å². The first-order chi connectivity index (χ1) is 15.5. The minimum atomic E-state index is -1.13. The van der Waals surface area contributed by atoms with Crippen LogP contribution < -0.4 is 10.6 Å². The van der Waals surface area contributed by atoms with E-state index in [9.17, 15) is 19.5 Å². The van der Waals surface area contributed by atoms with Gasteiger partial charge in [0, 0.05) is 13.0 Å². The van der Waals surface area contributed by atoms with Gasteiger partial charge < -0.3 is 25.2 Å². The number of rotatable bonds is 10. The van der Waals surface area contributed by atoms with Crippen molar-refractivity contribution in [1.29, 1.82) is 0 Å². The molecule has 32 heavy (non-hydrogen) atoms. The average Bonchev–Trinajstić information content (AvgIpc) is 3.10. The molecule has 0 saturated heterocycles. The van der Waals surface area contributed by atoms with E-state index in [1.165, 1.54) is 7.11 Å². The number of aliphatic carboxylic acids is 1. The fourth-order valence-corrected chi connectivity index (χ4v) is 3.95. The number of benzene rings is 2. The number of fused-ring (bicyclic) bond motifs is 3. The van der Waals surface area contributed by atoms with Gasteiger partial charge in [0.1, 0.15) is 18.7 Å². The number of nitrogens with one attached hydrogen (secondary N) is 2. The molecule has 0 saturated carbocycles. The van der Waals surface area contributed by atoms with E-state index >= 15 is 0 Å². The quantitative estimate of drug-likeness (QED) is 0.524. The number of amides is 2. The highest BCUT2D eigenvalue weighted by Crippen LogP contribution is 2.44. The molecule has 0 spiro atoms. The average molecular weight is 440 g/mol. The summed E-state index contributed by atoms with van der Waals surface area (Å²) in [5, 5.41) is 14.2.